The molecule has 2 atom stereocenters. The Labute approximate surface area is 67.2 Å². The monoisotopic (exact) mass is 218 g/mol. The fourth-order valence-corrected chi connectivity index (χ4v) is 2.03. The van der Waals surface area contributed by atoms with Crippen molar-refractivity contribution in [3.8, 4) is 0 Å². The van der Waals surface area contributed by atoms with Gasteiger partial charge >= 0.3 is 0 Å². The van der Waals surface area contributed by atoms with E-state index in [2.05, 4.69) is 15.9 Å². The van der Waals surface area contributed by atoms with Crippen LogP contribution in [0, 0.1) is 0 Å². The second-order valence-electron chi connectivity index (χ2n) is 1.19. The van der Waals surface area contributed by atoms with Gasteiger partial charge in [-0.1, -0.05) is 39.3 Å². The predicted octanol–water partition coefficient (Wildman–Crippen LogP) is 2.63. The van der Waals surface area contributed by atoms with E-state index in [1.54, 1.807) is 7.11 Å². The van der Waals surface area contributed by atoms with E-state index in [-0.39, 0.29) is 4.90 Å². The van der Waals surface area contributed by atoms with Gasteiger partial charge in [-0.25, -0.2) is 0 Å². The van der Waals surface area contributed by atoms with Crippen molar-refractivity contribution < 1.29 is 4.74 Å². The molecule has 0 aliphatic carbocycles. The summed E-state index contributed by atoms with van der Waals surface area (Å²) in [4.78, 5) is -0.232. The molecule has 0 aliphatic heterocycles. The molecule has 0 radical (unpaired) electrons. The van der Waals surface area contributed by atoms with Gasteiger partial charge in [-0.3, -0.25) is 0 Å². The molecule has 0 aromatic carbocycles. The van der Waals surface area contributed by atoms with Gasteiger partial charge in [0.1, 0.15) is 0 Å². The minimum absolute atomic E-state index is 0.232. The second kappa shape index (κ2) is 4.91. The summed E-state index contributed by atoms with van der Waals surface area (Å²) in [6, 6.07) is 0. The van der Waals surface area contributed by atoms with Gasteiger partial charge in [0.15, 0.2) is 4.90 Å². The van der Waals surface area contributed by atoms with Gasteiger partial charge in [0.05, 0.1) is 4.16 Å². The normalized spacial score (nSPS) is 18.0. The van der Waals surface area contributed by atoms with Gasteiger partial charge in [0, 0.05) is 7.11 Å². The molecule has 0 rings (SSSR count). The van der Waals surface area contributed by atoms with E-state index in [1.165, 1.54) is 11.8 Å². The topological polar surface area (TPSA) is 9.23 Å². The zero-order valence-electron chi connectivity index (χ0n) is 4.73. The number of halogens is 2. The summed E-state index contributed by atoms with van der Waals surface area (Å²) in [7, 11) is 1.58. The maximum absolute atomic E-state index is 5.57. The molecule has 0 fully saturated rings. The summed E-state index contributed by atoms with van der Waals surface area (Å²) in [5.74, 6) is 0. The lowest BCUT2D eigenvalue weighted by Crippen LogP contribution is -1.97. The number of thioether (sulfide) groups is 1. The highest BCUT2D eigenvalue weighted by molar-refractivity contribution is 9.11. The Balaban J connectivity index is 3.10. The molecule has 50 valence electrons. The Bertz CT molecular complexity index is 62.0. The Morgan fingerprint density at radius 1 is 1.75 bits per heavy atom. The van der Waals surface area contributed by atoms with Crippen LogP contribution in [0.15, 0.2) is 0 Å². The highest BCUT2D eigenvalue weighted by Gasteiger charge is 2.04. The molecular weight excluding hydrogens is 211 g/mol. The van der Waals surface area contributed by atoms with Gasteiger partial charge in [0.25, 0.3) is 0 Å². The van der Waals surface area contributed by atoms with Gasteiger partial charge in [-0.2, -0.15) is 0 Å². The standard InChI is InChI=1S/C4H8BrClOS/c1-3(5)8-4(6)7-2/h3-4H,1-2H3. The van der Waals surface area contributed by atoms with Crippen molar-refractivity contribution >= 4 is 39.3 Å². The van der Waals surface area contributed by atoms with Gasteiger partial charge in [-0.05, 0) is 6.92 Å². The van der Waals surface area contributed by atoms with Crippen molar-refractivity contribution in [3.05, 3.63) is 0 Å². The van der Waals surface area contributed by atoms with Crippen LogP contribution in [0.25, 0.3) is 0 Å². The first-order valence-corrected chi connectivity index (χ1v) is 4.42. The lowest BCUT2D eigenvalue weighted by molar-refractivity contribution is 0.230. The quantitative estimate of drug-likeness (QED) is 0.533. The lowest BCUT2D eigenvalue weighted by Gasteiger charge is -2.06. The van der Waals surface area contributed by atoms with Crippen LogP contribution in [0.4, 0.5) is 0 Å². The van der Waals surface area contributed by atoms with Crippen LogP contribution in [0.3, 0.4) is 0 Å². The van der Waals surface area contributed by atoms with E-state index >= 15 is 0 Å². The molecule has 0 bridgehead atoms. The Hall–Kier alpha value is 1.08. The SMILES string of the molecule is COC(Cl)SC(C)Br. The van der Waals surface area contributed by atoms with Crippen molar-refractivity contribution in [2.75, 3.05) is 7.11 Å². The van der Waals surface area contributed by atoms with Crippen LogP contribution in [0.5, 0.6) is 0 Å². The molecule has 0 N–H and O–H groups in total. The van der Waals surface area contributed by atoms with Crippen LogP contribution in [-0.2, 0) is 4.74 Å². The predicted molar refractivity (Wildman–Crippen MR) is 42.6 cm³/mol. The maximum Gasteiger partial charge on any atom is 0.178 e. The van der Waals surface area contributed by atoms with Crippen LogP contribution in [0.1, 0.15) is 6.92 Å². The first-order chi connectivity index (χ1) is 3.66. The smallest absolute Gasteiger partial charge is 0.178 e. The fraction of sp³-hybridized carbons (Fsp3) is 1.00. The molecule has 8 heavy (non-hydrogen) atoms. The lowest BCUT2D eigenvalue weighted by atomic mass is 11.0. The molecule has 4 heteroatoms. The average Bonchev–Trinajstić information content (AvgIpc) is 1.65. The molecule has 0 aromatic heterocycles. The fourth-order valence-electron chi connectivity index (χ4n) is 0.203. The Morgan fingerprint density at radius 2 is 2.25 bits per heavy atom. The van der Waals surface area contributed by atoms with Crippen molar-refractivity contribution in [1.29, 1.82) is 0 Å². The molecule has 2 unspecified atom stereocenters. The highest BCUT2D eigenvalue weighted by atomic mass is 79.9. The second-order valence-corrected chi connectivity index (χ2v) is 5.23. The molecule has 0 aromatic rings. The van der Waals surface area contributed by atoms with E-state index in [4.69, 9.17) is 16.3 Å². The van der Waals surface area contributed by atoms with Crippen LogP contribution < -0.4 is 0 Å². The van der Waals surface area contributed by atoms with E-state index in [0.717, 1.165) is 0 Å². The highest BCUT2D eigenvalue weighted by Crippen LogP contribution is 2.24. The summed E-state index contributed by atoms with van der Waals surface area (Å²) >= 11 is 10.4. The van der Waals surface area contributed by atoms with Gasteiger partial charge in [-0.15, -0.1) is 0 Å². The zero-order valence-corrected chi connectivity index (χ0v) is 7.89. The van der Waals surface area contributed by atoms with Gasteiger partial charge in [0.2, 0.25) is 0 Å². The molecule has 0 spiro atoms. The number of alkyl halides is 2. The van der Waals surface area contributed by atoms with Crippen molar-refractivity contribution in [2.24, 2.45) is 0 Å². The third kappa shape index (κ3) is 5.22. The zero-order chi connectivity index (χ0) is 6.57. The van der Waals surface area contributed by atoms with E-state index < -0.39 is 0 Å². The Morgan fingerprint density at radius 3 is 2.38 bits per heavy atom. The van der Waals surface area contributed by atoms with Crippen LogP contribution >= 0.6 is 39.3 Å². The average molecular weight is 220 g/mol. The minimum Gasteiger partial charge on any atom is -0.356 e. The number of hydrogen-bond acceptors (Lipinski definition) is 2. The summed E-state index contributed by atoms with van der Waals surface area (Å²) in [6.07, 6.45) is 0. The van der Waals surface area contributed by atoms with Crippen LogP contribution in [0.2, 0.25) is 0 Å². The van der Waals surface area contributed by atoms with Crippen LogP contribution in [-0.4, -0.2) is 16.2 Å². The molecule has 0 saturated heterocycles. The van der Waals surface area contributed by atoms with E-state index in [0.29, 0.717) is 4.16 Å². The summed E-state index contributed by atoms with van der Waals surface area (Å²) in [6.45, 7) is 2.00. The number of methoxy groups -OCH3 is 1. The molecule has 0 heterocycles. The van der Waals surface area contributed by atoms with Crippen molar-refractivity contribution in [1.82, 2.24) is 0 Å². The summed E-state index contributed by atoms with van der Waals surface area (Å²) in [5, 5.41) is 0. The molecular formula is C4H8BrClOS. The maximum atomic E-state index is 5.57. The van der Waals surface area contributed by atoms with Crippen molar-refractivity contribution in [2.45, 2.75) is 16.0 Å². The summed E-state index contributed by atoms with van der Waals surface area (Å²) < 4.78 is 5.11. The van der Waals surface area contributed by atoms with E-state index in [9.17, 15) is 0 Å². The third-order valence-electron chi connectivity index (χ3n) is 0.480. The third-order valence-corrected chi connectivity index (χ3v) is 2.40. The summed E-state index contributed by atoms with van der Waals surface area (Å²) in [5.41, 5.74) is 0. The largest absolute Gasteiger partial charge is 0.356 e. The number of rotatable bonds is 3. The molecule has 1 nitrogen and oxygen atoms in total. The van der Waals surface area contributed by atoms with Crippen molar-refractivity contribution in [3.63, 3.8) is 0 Å². The first kappa shape index (κ1) is 9.08. The number of ether oxygens (including phenoxy) is 1. The molecule has 0 amide bonds. The first-order valence-electron chi connectivity index (χ1n) is 2.13. The number of hydrogen-bond donors (Lipinski definition) is 0. The van der Waals surface area contributed by atoms with Gasteiger partial charge < -0.3 is 4.74 Å². The minimum atomic E-state index is -0.232. The Kier molecular flexibility index (Phi) is 5.58. The molecule has 0 saturated carbocycles. The molecule has 0 aliphatic rings. The van der Waals surface area contributed by atoms with E-state index in [1.807, 2.05) is 6.92 Å².